The molecule has 5 nitrogen and oxygen atoms in total. The number of cyclic esters (lactones) is 1. The zero-order valence-corrected chi connectivity index (χ0v) is 11.8. The fourth-order valence-electron chi connectivity index (χ4n) is 1.35. The number of ether oxygens (including phenoxy) is 1. The summed E-state index contributed by atoms with van der Waals surface area (Å²) >= 11 is 3.10. The minimum atomic E-state index is -0.674. The van der Waals surface area contributed by atoms with Crippen molar-refractivity contribution in [2.24, 2.45) is 0 Å². The van der Waals surface area contributed by atoms with Gasteiger partial charge in [-0.1, -0.05) is 13.0 Å². The summed E-state index contributed by atoms with van der Waals surface area (Å²) in [6.45, 7) is 7.10. The van der Waals surface area contributed by atoms with Crippen LogP contribution in [-0.4, -0.2) is 18.4 Å². The van der Waals surface area contributed by atoms with Crippen LogP contribution in [0, 0.1) is 0 Å². The Balaban J connectivity index is 3.06. The van der Waals surface area contributed by atoms with E-state index in [0.717, 1.165) is 0 Å². The number of esters is 1. The van der Waals surface area contributed by atoms with Crippen molar-refractivity contribution < 1.29 is 19.2 Å². The van der Waals surface area contributed by atoms with Gasteiger partial charge in [0.1, 0.15) is 15.8 Å². The molecule has 0 spiro atoms. The number of carbonyl (C=O) groups excluding carboxylic acids is 2. The van der Waals surface area contributed by atoms with Crippen molar-refractivity contribution in [1.82, 2.24) is 5.48 Å². The predicted octanol–water partition coefficient (Wildman–Crippen LogP) is 2.11. The number of allylic oxidation sites excluding steroid dienone is 3. The molecule has 0 radical (unpaired) electrons. The first kappa shape index (κ1) is 14.7. The average Bonchev–Trinajstić information content (AvgIpc) is 2.34. The zero-order chi connectivity index (χ0) is 13.7. The molecule has 0 amide bonds. The molecular weight excluding hydrogens is 302 g/mol. The number of ketones is 1. The van der Waals surface area contributed by atoms with Crippen molar-refractivity contribution in [3.8, 4) is 0 Å². The summed E-state index contributed by atoms with van der Waals surface area (Å²) in [5, 5.41) is 0. The van der Waals surface area contributed by atoms with Crippen LogP contribution >= 0.6 is 15.9 Å². The highest BCUT2D eigenvalue weighted by molar-refractivity contribution is 9.12. The molecule has 1 heterocycles. The quantitative estimate of drug-likeness (QED) is 0.210. The molecule has 0 aliphatic carbocycles. The Hall–Kier alpha value is -1.40. The van der Waals surface area contributed by atoms with E-state index in [4.69, 9.17) is 9.57 Å². The zero-order valence-electron chi connectivity index (χ0n) is 10.2. The van der Waals surface area contributed by atoms with Crippen molar-refractivity contribution in [3.63, 3.8) is 0 Å². The molecule has 6 heteroatoms. The number of hydrogen-bond acceptors (Lipinski definition) is 5. The minimum absolute atomic E-state index is 0.0426. The maximum atomic E-state index is 12.0. The predicted molar refractivity (Wildman–Crippen MR) is 69.3 cm³/mol. The summed E-state index contributed by atoms with van der Waals surface area (Å²) in [5.74, 6) is -0.821. The maximum absolute atomic E-state index is 12.0. The molecule has 0 aromatic heterocycles. The van der Waals surface area contributed by atoms with Crippen LogP contribution in [0.3, 0.4) is 0 Å². The SMILES string of the molecule is C=CCONC(CC)=C1C(=O)OC(C)=C(Br)C1=O. The van der Waals surface area contributed by atoms with Gasteiger partial charge in [0, 0.05) is 0 Å². The normalized spacial score (nSPS) is 18.6. The van der Waals surface area contributed by atoms with E-state index in [0.29, 0.717) is 12.1 Å². The lowest BCUT2D eigenvalue weighted by Crippen LogP contribution is -2.28. The van der Waals surface area contributed by atoms with Gasteiger partial charge in [0.15, 0.2) is 0 Å². The number of Topliss-reactive ketones (excluding diaryl/α,β-unsaturated/α-hetero) is 1. The van der Waals surface area contributed by atoms with Crippen LogP contribution in [-0.2, 0) is 19.2 Å². The van der Waals surface area contributed by atoms with E-state index in [9.17, 15) is 9.59 Å². The topological polar surface area (TPSA) is 64.6 Å². The molecule has 0 aromatic carbocycles. The maximum Gasteiger partial charge on any atom is 0.349 e. The van der Waals surface area contributed by atoms with Gasteiger partial charge in [0.2, 0.25) is 5.78 Å². The Morgan fingerprint density at radius 3 is 2.78 bits per heavy atom. The van der Waals surface area contributed by atoms with Gasteiger partial charge in [0.05, 0.1) is 12.3 Å². The van der Waals surface area contributed by atoms with Crippen LogP contribution < -0.4 is 5.48 Å². The van der Waals surface area contributed by atoms with Crippen molar-refractivity contribution in [2.45, 2.75) is 20.3 Å². The van der Waals surface area contributed by atoms with Gasteiger partial charge >= 0.3 is 5.97 Å². The summed E-state index contributed by atoms with van der Waals surface area (Å²) in [6, 6.07) is 0. The molecule has 0 aromatic rings. The molecule has 1 aliphatic heterocycles. The number of carbonyl (C=O) groups is 2. The van der Waals surface area contributed by atoms with Gasteiger partial charge in [-0.05, 0) is 29.3 Å². The Kier molecular flexibility index (Phi) is 5.30. The molecule has 0 saturated heterocycles. The van der Waals surface area contributed by atoms with Gasteiger partial charge < -0.3 is 4.74 Å². The van der Waals surface area contributed by atoms with E-state index < -0.39 is 11.8 Å². The van der Waals surface area contributed by atoms with Crippen molar-refractivity contribution >= 4 is 27.7 Å². The second kappa shape index (κ2) is 6.51. The fourth-order valence-corrected chi connectivity index (χ4v) is 1.62. The minimum Gasteiger partial charge on any atom is -0.426 e. The van der Waals surface area contributed by atoms with Crippen molar-refractivity contribution in [2.75, 3.05) is 6.61 Å². The third kappa shape index (κ3) is 3.08. The first-order chi connectivity index (χ1) is 8.52. The lowest BCUT2D eigenvalue weighted by Gasteiger charge is -2.18. The number of rotatable bonds is 5. The fraction of sp³-hybridized carbons (Fsp3) is 0.333. The lowest BCUT2D eigenvalue weighted by atomic mass is 10.1. The van der Waals surface area contributed by atoms with Crippen LogP contribution in [0.2, 0.25) is 0 Å². The van der Waals surface area contributed by atoms with Gasteiger partial charge in [-0.25, -0.2) is 4.79 Å². The summed E-state index contributed by atoms with van der Waals surface area (Å²) in [7, 11) is 0. The van der Waals surface area contributed by atoms with E-state index in [1.165, 1.54) is 0 Å². The number of halogens is 1. The number of hydroxylamine groups is 1. The van der Waals surface area contributed by atoms with Crippen molar-refractivity contribution in [3.05, 3.63) is 34.2 Å². The van der Waals surface area contributed by atoms with Gasteiger partial charge in [-0.3, -0.25) is 15.1 Å². The van der Waals surface area contributed by atoms with Crippen LogP contribution in [0.5, 0.6) is 0 Å². The summed E-state index contributed by atoms with van der Waals surface area (Å²) in [4.78, 5) is 28.8. The first-order valence-electron chi connectivity index (χ1n) is 5.38. The van der Waals surface area contributed by atoms with E-state index >= 15 is 0 Å². The van der Waals surface area contributed by atoms with Crippen LogP contribution in [0.25, 0.3) is 0 Å². The molecule has 0 saturated carbocycles. The molecule has 0 fully saturated rings. The largest absolute Gasteiger partial charge is 0.426 e. The molecule has 0 atom stereocenters. The van der Waals surface area contributed by atoms with Crippen LogP contribution in [0.1, 0.15) is 20.3 Å². The molecule has 18 heavy (non-hydrogen) atoms. The molecule has 1 aliphatic rings. The highest BCUT2D eigenvalue weighted by Gasteiger charge is 2.32. The summed E-state index contributed by atoms with van der Waals surface area (Å²) in [6.07, 6.45) is 1.98. The van der Waals surface area contributed by atoms with Gasteiger partial charge in [0.25, 0.3) is 0 Å². The summed E-state index contributed by atoms with van der Waals surface area (Å²) < 4.78 is 5.21. The molecule has 1 N–H and O–H groups in total. The molecule has 0 bridgehead atoms. The van der Waals surface area contributed by atoms with Crippen LogP contribution in [0.15, 0.2) is 34.2 Å². The highest BCUT2D eigenvalue weighted by atomic mass is 79.9. The second-order valence-electron chi connectivity index (χ2n) is 3.50. The van der Waals surface area contributed by atoms with Crippen LogP contribution in [0.4, 0.5) is 0 Å². The average molecular weight is 316 g/mol. The Bertz CT molecular complexity index is 451. The number of nitrogens with one attached hydrogen (secondary N) is 1. The monoisotopic (exact) mass is 315 g/mol. The smallest absolute Gasteiger partial charge is 0.349 e. The third-order valence-corrected chi connectivity index (χ3v) is 3.16. The first-order valence-corrected chi connectivity index (χ1v) is 6.17. The van der Waals surface area contributed by atoms with Gasteiger partial charge in [-0.2, -0.15) is 0 Å². The van der Waals surface area contributed by atoms with Gasteiger partial charge in [-0.15, -0.1) is 6.58 Å². The standard InChI is InChI=1S/C12H14BrNO4/c1-4-6-17-14-8(5-2)9-11(15)10(13)7(3)18-12(9)16/h4,14H,1,5-6H2,2-3H3. The Morgan fingerprint density at radius 1 is 1.56 bits per heavy atom. The molecule has 1 rings (SSSR count). The Morgan fingerprint density at radius 2 is 2.22 bits per heavy atom. The van der Waals surface area contributed by atoms with Crippen molar-refractivity contribution in [1.29, 1.82) is 0 Å². The third-order valence-electron chi connectivity index (χ3n) is 2.24. The van der Waals surface area contributed by atoms with E-state index in [-0.39, 0.29) is 22.4 Å². The molecular formula is C12H14BrNO4. The van der Waals surface area contributed by atoms with E-state index in [1.807, 2.05) is 0 Å². The molecule has 98 valence electrons. The van der Waals surface area contributed by atoms with E-state index in [1.54, 1.807) is 19.9 Å². The highest BCUT2D eigenvalue weighted by Crippen LogP contribution is 2.27. The number of hydrogen-bond donors (Lipinski definition) is 1. The summed E-state index contributed by atoms with van der Waals surface area (Å²) in [5.41, 5.74) is 2.92. The molecule has 0 unspecified atom stereocenters. The van der Waals surface area contributed by atoms with E-state index in [2.05, 4.69) is 28.0 Å². The lowest BCUT2D eigenvalue weighted by molar-refractivity contribution is -0.137. The second-order valence-corrected chi connectivity index (χ2v) is 4.29. The Labute approximate surface area is 114 Å².